The van der Waals surface area contributed by atoms with Crippen LogP contribution in [0.3, 0.4) is 0 Å². The zero-order valence-electron chi connectivity index (χ0n) is 6.40. The molecule has 0 N–H and O–H groups in total. The monoisotopic (exact) mass is 210 g/mol. The first-order valence-electron chi connectivity index (χ1n) is 3.41. The quantitative estimate of drug-likeness (QED) is 0.533. The Labute approximate surface area is 78.0 Å². The summed E-state index contributed by atoms with van der Waals surface area (Å²) in [7, 11) is 0. The van der Waals surface area contributed by atoms with Crippen molar-refractivity contribution in [2.24, 2.45) is 0 Å². The lowest BCUT2D eigenvalue weighted by molar-refractivity contribution is -0.138. The Morgan fingerprint density at radius 1 is 1.23 bits per heavy atom. The van der Waals surface area contributed by atoms with Crippen LogP contribution in [0.2, 0.25) is 0 Å². The minimum absolute atomic E-state index is 0.0165. The molecule has 0 aromatic heterocycles. The van der Waals surface area contributed by atoms with Crippen LogP contribution >= 0.6 is 12.6 Å². The molecule has 0 radical (unpaired) electrons. The van der Waals surface area contributed by atoms with Gasteiger partial charge < -0.3 is 0 Å². The zero-order chi connectivity index (χ0) is 10.1. The lowest BCUT2D eigenvalue weighted by Crippen LogP contribution is -2.08. The molecule has 1 aromatic rings. The summed E-state index contributed by atoms with van der Waals surface area (Å²) in [5.74, 6) is -0.951. The minimum atomic E-state index is -4.51. The molecule has 0 aliphatic rings. The highest BCUT2D eigenvalue weighted by Crippen LogP contribution is 2.32. The van der Waals surface area contributed by atoms with E-state index in [2.05, 4.69) is 12.6 Å². The fourth-order valence-corrected chi connectivity index (χ4v) is 1.23. The number of thiol groups is 1. The second-order valence-electron chi connectivity index (χ2n) is 2.46. The summed E-state index contributed by atoms with van der Waals surface area (Å²) < 4.78 is 49.1. The number of rotatable bonds is 1. The molecule has 0 bridgehead atoms. The molecule has 0 spiro atoms. The Kier molecular flexibility index (Phi) is 2.85. The molecular formula is C8H6F4S. The average Bonchev–Trinajstić information content (AvgIpc) is 2.03. The molecule has 0 aliphatic carbocycles. The van der Waals surface area contributed by atoms with Crippen molar-refractivity contribution in [2.45, 2.75) is 11.9 Å². The van der Waals surface area contributed by atoms with Gasteiger partial charge in [-0.05, 0) is 17.7 Å². The largest absolute Gasteiger partial charge is 0.416 e. The Hall–Kier alpha value is -0.710. The van der Waals surface area contributed by atoms with Crippen LogP contribution < -0.4 is 0 Å². The number of benzene rings is 1. The molecule has 0 saturated heterocycles. The van der Waals surface area contributed by atoms with E-state index < -0.39 is 17.6 Å². The summed E-state index contributed by atoms with van der Waals surface area (Å²) in [5.41, 5.74) is -0.972. The minimum Gasteiger partial charge on any atom is -0.207 e. The molecule has 0 amide bonds. The third kappa shape index (κ3) is 2.37. The maximum Gasteiger partial charge on any atom is 0.416 e. The van der Waals surface area contributed by atoms with Gasteiger partial charge in [0.1, 0.15) is 5.82 Å². The lowest BCUT2D eigenvalue weighted by Gasteiger charge is -2.10. The van der Waals surface area contributed by atoms with Crippen LogP contribution in [0.25, 0.3) is 0 Å². The molecule has 0 atom stereocenters. The number of halogens is 4. The summed E-state index contributed by atoms with van der Waals surface area (Å²) in [6.45, 7) is 0. The summed E-state index contributed by atoms with van der Waals surface area (Å²) in [5, 5.41) is 0. The summed E-state index contributed by atoms with van der Waals surface area (Å²) in [4.78, 5) is 0. The smallest absolute Gasteiger partial charge is 0.207 e. The van der Waals surface area contributed by atoms with E-state index in [1.54, 1.807) is 0 Å². The third-order valence-electron chi connectivity index (χ3n) is 1.55. The fraction of sp³-hybridized carbons (Fsp3) is 0.250. The van der Waals surface area contributed by atoms with Gasteiger partial charge >= 0.3 is 6.18 Å². The average molecular weight is 210 g/mol. The van der Waals surface area contributed by atoms with Crippen LogP contribution in [0.4, 0.5) is 17.6 Å². The van der Waals surface area contributed by atoms with E-state index in [9.17, 15) is 17.6 Å². The normalized spacial score (nSPS) is 11.8. The van der Waals surface area contributed by atoms with E-state index in [0.29, 0.717) is 6.07 Å². The van der Waals surface area contributed by atoms with Crippen molar-refractivity contribution in [3.8, 4) is 0 Å². The van der Waals surface area contributed by atoms with Gasteiger partial charge in [-0.15, -0.1) is 0 Å². The second-order valence-corrected chi connectivity index (χ2v) is 2.77. The highest BCUT2D eigenvalue weighted by atomic mass is 32.1. The molecule has 0 aliphatic heterocycles. The predicted molar refractivity (Wildman–Crippen MR) is 44.1 cm³/mol. The van der Waals surface area contributed by atoms with Crippen LogP contribution in [0, 0.1) is 5.82 Å². The van der Waals surface area contributed by atoms with Crippen molar-refractivity contribution in [2.75, 3.05) is 0 Å². The molecule has 72 valence electrons. The SMILES string of the molecule is Fc1ccc(CS)c(C(F)(F)F)c1. The lowest BCUT2D eigenvalue weighted by atomic mass is 10.1. The zero-order valence-corrected chi connectivity index (χ0v) is 7.29. The van der Waals surface area contributed by atoms with Crippen LogP contribution in [0.1, 0.15) is 11.1 Å². The maximum absolute atomic E-state index is 12.5. The van der Waals surface area contributed by atoms with Gasteiger partial charge in [-0.3, -0.25) is 0 Å². The van der Waals surface area contributed by atoms with Gasteiger partial charge in [0.25, 0.3) is 0 Å². The summed E-state index contributed by atoms with van der Waals surface area (Å²) in [6.07, 6.45) is -4.51. The Morgan fingerprint density at radius 3 is 2.31 bits per heavy atom. The van der Waals surface area contributed by atoms with Gasteiger partial charge in [-0.2, -0.15) is 25.8 Å². The van der Waals surface area contributed by atoms with E-state index in [-0.39, 0.29) is 11.3 Å². The highest BCUT2D eigenvalue weighted by molar-refractivity contribution is 7.79. The predicted octanol–water partition coefficient (Wildman–Crippen LogP) is 3.27. The van der Waals surface area contributed by atoms with E-state index in [4.69, 9.17) is 0 Å². The van der Waals surface area contributed by atoms with Crippen LogP contribution in [-0.2, 0) is 11.9 Å². The maximum atomic E-state index is 12.5. The topological polar surface area (TPSA) is 0 Å². The molecule has 1 aromatic carbocycles. The Morgan fingerprint density at radius 2 is 1.85 bits per heavy atom. The molecule has 13 heavy (non-hydrogen) atoms. The first kappa shape index (κ1) is 10.4. The summed E-state index contributed by atoms with van der Waals surface area (Å²) in [6, 6.07) is 2.55. The highest BCUT2D eigenvalue weighted by Gasteiger charge is 2.33. The van der Waals surface area contributed by atoms with E-state index in [1.165, 1.54) is 0 Å². The van der Waals surface area contributed by atoms with Crippen molar-refractivity contribution in [1.29, 1.82) is 0 Å². The Bertz CT molecular complexity index is 306. The first-order valence-corrected chi connectivity index (χ1v) is 4.05. The second kappa shape index (κ2) is 3.57. The molecule has 0 saturated carbocycles. The van der Waals surface area contributed by atoms with Gasteiger partial charge in [-0.1, -0.05) is 6.07 Å². The number of alkyl halides is 3. The van der Waals surface area contributed by atoms with E-state index >= 15 is 0 Å². The van der Waals surface area contributed by atoms with E-state index in [1.807, 2.05) is 0 Å². The molecule has 0 fully saturated rings. The van der Waals surface area contributed by atoms with E-state index in [0.717, 1.165) is 12.1 Å². The number of hydrogen-bond donors (Lipinski definition) is 1. The van der Waals surface area contributed by atoms with Crippen molar-refractivity contribution in [3.05, 3.63) is 35.1 Å². The molecule has 5 heteroatoms. The first-order chi connectivity index (χ1) is 5.95. The van der Waals surface area contributed by atoms with Crippen molar-refractivity contribution < 1.29 is 17.6 Å². The van der Waals surface area contributed by atoms with Crippen LogP contribution in [-0.4, -0.2) is 0 Å². The van der Waals surface area contributed by atoms with Crippen molar-refractivity contribution >= 4 is 12.6 Å². The van der Waals surface area contributed by atoms with Gasteiger partial charge in [-0.25, -0.2) is 4.39 Å². The molecular weight excluding hydrogens is 204 g/mol. The van der Waals surface area contributed by atoms with Crippen molar-refractivity contribution in [1.82, 2.24) is 0 Å². The van der Waals surface area contributed by atoms with Crippen LogP contribution in [0.5, 0.6) is 0 Å². The Balaban J connectivity index is 3.24. The summed E-state index contributed by atoms with van der Waals surface area (Å²) >= 11 is 3.72. The number of hydrogen-bond acceptors (Lipinski definition) is 1. The van der Waals surface area contributed by atoms with Gasteiger partial charge in [0, 0.05) is 5.75 Å². The van der Waals surface area contributed by atoms with Gasteiger partial charge in [0.15, 0.2) is 0 Å². The van der Waals surface area contributed by atoms with Gasteiger partial charge in [0.2, 0.25) is 0 Å². The molecule has 0 nitrogen and oxygen atoms in total. The molecule has 0 unspecified atom stereocenters. The van der Waals surface area contributed by atoms with Gasteiger partial charge in [0.05, 0.1) is 5.56 Å². The standard InChI is InChI=1S/C8H6F4S/c9-6-2-1-5(4-13)7(3-6)8(10,11)12/h1-3,13H,4H2. The van der Waals surface area contributed by atoms with Crippen LogP contribution in [0.15, 0.2) is 18.2 Å². The van der Waals surface area contributed by atoms with Crippen molar-refractivity contribution in [3.63, 3.8) is 0 Å². The molecule has 0 heterocycles. The third-order valence-corrected chi connectivity index (χ3v) is 1.89. The fourth-order valence-electron chi connectivity index (χ4n) is 0.950. The molecule has 1 rings (SSSR count).